The molecule has 0 amide bonds. The zero-order valence-corrected chi connectivity index (χ0v) is 12.5. The third kappa shape index (κ3) is 2.92. The molecule has 1 unspecified atom stereocenters. The summed E-state index contributed by atoms with van der Waals surface area (Å²) in [6, 6.07) is 22.4. The monoisotopic (exact) mass is 326 g/mol. The number of aliphatic hydroxyl groups excluding tert-OH is 1. The highest BCUT2D eigenvalue weighted by Gasteiger charge is 2.09. The Morgan fingerprint density at radius 1 is 0.850 bits per heavy atom. The Balaban J connectivity index is 1.88. The fourth-order valence-electron chi connectivity index (χ4n) is 2.40. The van der Waals surface area contributed by atoms with Gasteiger partial charge in [-0.05, 0) is 40.1 Å². The minimum Gasteiger partial charge on any atom is -0.388 e. The third-order valence-electron chi connectivity index (χ3n) is 3.48. The van der Waals surface area contributed by atoms with E-state index in [9.17, 15) is 5.11 Å². The molecule has 0 aliphatic rings. The molecule has 0 fully saturated rings. The number of aliphatic hydroxyl groups is 1. The molecule has 20 heavy (non-hydrogen) atoms. The predicted octanol–water partition coefficient (Wildman–Crippen LogP) is 4.88. The molecule has 100 valence electrons. The molecule has 3 aromatic carbocycles. The first kappa shape index (κ1) is 13.3. The summed E-state index contributed by atoms with van der Waals surface area (Å²) in [6.45, 7) is 0. The van der Waals surface area contributed by atoms with Crippen LogP contribution in [0.5, 0.6) is 0 Å². The highest BCUT2D eigenvalue weighted by atomic mass is 79.9. The van der Waals surface area contributed by atoms with Gasteiger partial charge in [-0.1, -0.05) is 64.5 Å². The maximum absolute atomic E-state index is 10.4. The van der Waals surface area contributed by atoms with E-state index in [1.54, 1.807) is 0 Å². The van der Waals surface area contributed by atoms with Crippen molar-refractivity contribution in [3.8, 4) is 0 Å². The van der Waals surface area contributed by atoms with Crippen molar-refractivity contribution in [3.63, 3.8) is 0 Å². The molecule has 0 bridgehead atoms. The molecule has 3 rings (SSSR count). The molecule has 0 aliphatic carbocycles. The first-order valence-corrected chi connectivity index (χ1v) is 7.43. The Labute approximate surface area is 127 Å². The predicted molar refractivity (Wildman–Crippen MR) is 86.8 cm³/mol. The first-order chi connectivity index (χ1) is 9.72. The summed E-state index contributed by atoms with van der Waals surface area (Å²) in [5.41, 5.74) is 2.11. The lowest BCUT2D eigenvalue weighted by Crippen LogP contribution is -2.01. The summed E-state index contributed by atoms with van der Waals surface area (Å²) >= 11 is 3.47. The maximum Gasteiger partial charge on any atom is 0.0830 e. The van der Waals surface area contributed by atoms with Crippen molar-refractivity contribution in [1.82, 2.24) is 0 Å². The van der Waals surface area contributed by atoms with Gasteiger partial charge in [0.1, 0.15) is 0 Å². The lowest BCUT2D eigenvalue weighted by molar-refractivity contribution is 0.178. The van der Waals surface area contributed by atoms with Gasteiger partial charge in [0, 0.05) is 10.9 Å². The van der Waals surface area contributed by atoms with Crippen molar-refractivity contribution in [2.45, 2.75) is 12.5 Å². The number of hydrogen-bond donors (Lipinski definition) is 1. The van der Waals surface area contributed by atoms with Crippen molar-refractivity contribution >= 4 is 26.7 Å². The number of benzene rings is 3. The van der Waals surface area contributed by atoms with E-state index in [1.165, 1.54) is 5.39 Å². The van der Waals surface area contributed by atoms with Gasteiger partial charge >= 0.3 is 0 Å². The molecular formula is C18H15BrO. The summed E-state index contributed by atoms with van der Waals surface area (Å²) in [4.78, 5) is 0. The second-order valence-electron chi connectivity index (χ2n) is 4.96. The van der Waals surface area contributed by atoms with Gasteiger partial charge in [0.25, 0.3) is 0 Å². The molecule has 0 spiro atoms. The van der Waals surface area contributed by atoms with Gasteiger partial charge in [0.15, 0.2) is 0 Å². The van der Waals surface area contributed by atoms with E-state index < -0.39 is 6.10 Å². The summed E-state index contributed by atoms with van der Waals surface area (Å²) in [5, 5.41) is 12.7. The Hall–Kier alpha value is -1.64. The average molecular weight is 327 g/mol. The van der Waals surface area contributed by atoms with E-state index in [0.717, 1.165) is 21.0 Å². The normalized spacial score (nSPS) is 12.5. The highest BCUT2D eigenvalue weighted by Crippen LogP contribution is 2.25. The van der Waals surface area contributed by atoms with Crippen LogP contribution in [0.1, 0.15) is 17.2 Å². The van der Waals surface area contributed by atoms with E-state index in [2.05, 4.69) is 40.2 Å². The molecule has 1 atom stereocenters. The van der Waals surface area contributed by atoms with Crippen LogP contribution >= 0.6 is 15.9 Å². The molecular weight excluding hydrogens is 312 g/mol. The van der Waals surface area contributed by atoms with Crippen LogP contribution in [0.3, 0.4) is 0 Å². The van der Waals surface area contributed by atoms with Gasteiger partial charge in [-0.3, -0.25) is 0 Å². The van der Waals surface area contributed by atoms with E-state index in [1.807, 2.05) is 42.5 Å². The van der Waals surface area contributed by atoms with Gasteiger partial charge in [-0.15, -0.1) is 0 Å². The van der Waals surface area contributed by atoms with Crippen molar-refractivity contribution in [2.75, 3.05) is 0 Å². The summed E-state index contributed by atoms with van der Waals surface area (Å²) in [6.07, 6.45) is 0.175. The topological polar surface area (TPSA) is 20.2 Å². The Kier molecular flexibility index (Phi) is 3.86. The van der Waals surface area contributed by atoms with E-state index in [4.69, 9.17) is 0 Å². The highest BCUT2D eigenvalue weighted by molar-refractivity contribution is 9.10. The Morgan fingerprint density at radius 2 is 1.55 bits per heavy atom. The van der Waals surface area contributed by atoms with Crippen LogP contribution in [0.25, 0.3) is 10.8 Å². The third-order valence-corrected chi connectivity index (χ3v) is 3.98. The van der Waals surface area contributed by atoms with Crippen molar-refractivity contribution in [2.24, 2.45) is 0 Å². The number of fused-ring (bicyclic) bond motifs is 1. The molecule has 2 heteroatoms. The fourth-order valence-corrected chi connectivity index (χ4v) is 2.78. The molecule has 0 aliphatic heterocycles. The van der Waals surface area contributed by atoms with Gasteiger partial charge in [-0.2, -0.15) is 0 Å². The van der Waals surface area contributed by atoms with Crippen LogP contribution in [0, 0.1) is 0 Å². The second-order valence-corrected chi connectivity index (χ2v) is 5.87. The molecule has 0 aromatic heterocycles. The van der Waals surface area contributed by atoms with Gasteiger partial charge in [0.05, 0.1) is 6.10 Å². The van der Waals surface area contributed by atoms with Crippen LogP contribution in [-0.2, 0) is 6.42 Å². The second kappa shape index (κ2) is 5.78. The largest absolute Gasteiger partial charge is 0.388 e. The van der Waals surface area contributed by atoms with E-state index >= 15 is 0 Å². The number of rotatable bonds is 3. The summed E-state index contributed by atoms with van der Waals surface area (Å²) in [5.74, 6) is 0. The zero-order chi connectivity index (χ0) is 13.9. The maximum atomic E-state index is 10.4. The Bertz CT molecular complexity index is 722. The lowest BCUT2D eigenvalue weighted by Gasteiger charge is -2.12. The minimum atomic E-state index is -0.467. The van der Waals surface area contributed by atoms with E-state index in [0.29, 0.717) is 6.42 Å². The molecule has 0 saturated carbocycles. The zero-order valence-electron chi connectivity index (χ0n) is 11.0. The SMILES string of the molecule is OC(Cc1ccccc1)c1ccc2cc(Br)ccc2c1. The summed E-state index contributed by atoms with van der Waals surface area (Å²) in [7, 11) is 0. The van der Waals surface area contributed by atoms with E-state index in [-0.39, 0.29) is 0 Å². The Morgan fingerprint density at radius 3 is 2.35 bits per heavy atom. The number of hydrogen-bond acceptors (Lipinski definition) is 1. The van der Waals surface area contributed by atoms with Crippen molar-refractivity contribution in [3.05, 3.63) is 82.3 Å². The molecule has 0 radical (unpaired) electrons. The van der Waals surface area contributed by atoms with Crippen molar-refractivity contribution in [1.29, 1.82) is 0 Å². The van der Waals surface area contributed by atoms with Crippen LogP contribution in [-0.4, -0.2) is 5.11 Å². The quantitative estimate of drug-likeness (QED) is 0.727. The van der Waals surface area contributed by atoms with Gasteiger partial charge in [-0.25, -0.2) is 0 Å². The number of halogens is 1. The summed E-state index contributed by atoms with van der Waals surface area (Å²) < 4.78 is 1.07. The van der Waals surface area contributed by atoms with Crippen LogP contribution in [0.2, 0.25) is 0 Å². The van der Waals surface area contributed by atoms with Gasteiger partial charge in [0.2, 0.25) is 0 Å². The molecule has 0 heterocycles. The lowest BCUT2D eigenvalue weighted by atomic mass is 9.99. The molecule has 3 aromatic rings. The molecule has 1 N–H and O–H groups in total. The average Bonchev–Trinajstić information content (AvgIpc) is 2.47. The van der Waals surface area contributed by atoms with Gasteiger partial charge < -0.3 is 5.11 Å². The molecule has 0 saturated heterocycles. The van der Waals surface area contributed by atoms with Crippen LogP contribution < -0.4 is 0 Å². The minimum absolute atomic E-state index is 0.467. The standard InChI is InChI=1S/C18H15BrO/c19-17-9-8-14-11-16(7-6-15(14)12-17)18(20)10-13-4-2-1-3-5-13/h1-9,11-12,18,20H,10H2. The molecule has 1 nitrogen and oxygen atoms in total. The van der Waals surface area contributed by atoms with Crippen LogP contribution in [0.4, 0.5) is 0 Å². The van der Waals surface area contributed by atoms with Crippen LogP contribution in [0.15, 0.2) is 71.2 Å². The smallest absolute Gasteiger partial charge is 0.0830 e. The first-order valence-electron chi connectivity index (χ1n) is 6.63. The van der Waals surface area contributed by atoms with Crippen molar-refractivity contribution < 1.29 is 5.11 Å². The fraction of sp³-hybridized carbons (Fsp3) is 0.111.